The van der Waals surface area contributed by atoms with Gasteiger partial charge in [0, 0.05) is 12.3 Å². The van der Waals surface area contributed by atoms with Crippen LogP contribution in [0.2, 0.25) is 0 Å². The number of nitrogens with one attached hydrogen (secondary N) is 1. The minimum Gasteiger partial charge on any atom is -0.387 e. The van der Waals surface area contributed by atoms with Crippen molar-refractivity contribution in [3.05, 3.63) is 43.0 Å². The average molecular weight is 430 g/mol. The van der Waals surface area contributed by atoms with Gasteiger partial charge in [0.05, 0.1) is 0 Å². The molecule has 0 radical (unpaired) electrons. The summed E-state index contributed by atoms with van der Waals surface area (Å²) in [5, 5.41) is 39.8. The van der Waals surface area contributed by atoms with Gasteiger partial charge in [-0.3, -0.25) is 9.78 Å². The Labute approximate surface area is 135 Å². The molecular formula is C11H12FIN2O7. The summed E-state index contributed by atoms with van der Waals surface area (Å²) in [7, 11) is 0. The van der Waals surface area contributed by atoms with E-state index in [2.05, 4.69) is 0 Å². The van der Waals surface area contributed by atoms with Gasteiger partial charge in [-0.05, 0) is 28.7 Å². The molecule has 0 aromatic carbocycles. The molecule has 2 rings (SSSR count). The van der Waals surface area contributed by atoms with Crippen molar-refractivity contribution >= 4 is 22.6 Å². The maximum absolute atomic E-state index is 12.8. The van der Waals surface area contributed by atoms with E-state index < -0.39 is 45.4 Å². The van der Waals surface area contributed by atoms with E-state index in [0.29, 0.717) is 10.6 Å². The Morgan fingerprint density at radius 3 is 2.73 bits per heavy atom. The highest BCUT2D eigenvalue weighted by molar-refractivity contribution is 14.1. The summed E-state index contributed by atoms with van der Waals surface area (Å²) in [6.45, 7) is 0. The van der Waals surface area contributed by atoms with Crippen molar-refractivity contribution < 1.29 is 29.6 Å². The molecule has 1 saturated heterocycles. The molecule has 0 spiro atoms. The number of aliphatic hydroxyl groups excluding tert-OH is 3. The van der Waals surface area contributed by atoms with Gasteiger partial charge in [0.1, 0.15) is 18.3 Å². The van der Waals surface area contributed by atoms with E-state index in [1.165, 1.54) is 22.6 Å². The highest BCUT2D eigenvalue weighted by atomic mass is 127. The van der Waals surface area contributed by atoms with Crippen LogP contribution in [0.1, 0.15) is 0 Å². The van der Waals surface area contributed by atoms with Gasteiger partial charge in [-0.25, -0.2) is 13.8 Å². The normalized spacial score (nSPS) is 33.9. The molecule has 1 fully saturated rings. The van der Waals surface area contributed by atoms with Gasteiger partial charge >= 0.3 is 5.69 Å². The second-order valence-corrected chi connectivity index (χ2v) is 5.63. The van der Waals surface area contributed by atoms with E-state index >= 15 is 0 Å². The van der Waals surface area contributed by atoms with Crippen molar-refractivity contribution in [3.63, 3.8) is 0 Å². The zero-order valence-corrected chi connectivity index (χ0v) is 12.9. The summed E-state index contributed by atoms with van der Waals surface area (Å²) in [5.41, 5.74) is -1.85. The lowest BCUT2D eigenvalue weighted by molar-refractivity contribution is -0.293. The lowest BCUT2D eigenvalue weighted by atomic mass is 10.0. The number of nitrogens with zero attached hydrogens (tertiary/aromatic N) is 1. The molecule has 11 heteroatoms. The Morgan fingerprint density at radius 1 is 1.55 bits per heavy atom. The monoisotopic (exact) mass is 430 g/mol. The number of ether oxygens (including phenoxy) is 1. The second-order valence-electron chi connectivity index (χ2n) is 4.60. The number of aromatic amines is 1. The van der Waals surface area contributed by atoms with E-state index in [0.717, 1.165) is 12.3 Å². The third kappa shape index (κ3) is 3.00. The standard InChI is InChI=1S/C11H12FIN2O7/c12-5(13)3-4(16)8-7(18)9(19)11(21,22-8)15-2-1-6(17)14-10(15)20/h1-4,7-9,16,18-19,21H,(H,14,17,20)/b5-3+/t4?,7-,8-,9-,11+/m1/s1. The molecule has 1 aliphatic rings. The lowest BCUT2D eigenvalue weighted by Gasteiger charge is -2.27. The van der Waals surface area contributed by atoms with Crippen molar-refractivity contribution in [3.8, 4) is 0 Å². The maximum Gasteiger partial charge on any atom is 0.332 e. The first-order chi connectivity index (χ1) is 10.2. The maximum atomic E-state index is 12.8. The summed E-state index contributed by atoms with van der Waals surface area (Å²) >= 11 is 1.26. The van der Waals surface area contributed by atoms with Gasteiger partial charge in [-0.1, -0.05) is 0 Å². The summed E-state index contributed by atoms with van der Waals surface area (Å²) in [6.07, 6.45) is -5.58. The van der Waals surface area contributed by atoms with E-state index in [1.54, 1.807) is 0 Å². The number of hydrogen-bond acceptors (Lipinski definition) is 7. The van der Waals surface area contributed by atoms with Crippen LogP contribution in [-0.2, 0) is 10.6 Å². The van der Waals surface area contributed by atoms with Gasteiger partial charge in [0.2, 0.25) is 0 Å². The molecule has 0 bridgehead atoms. The number of halogens is 2. The summed E-state index contributed by atoms with van der Waals surface area (Å²) in [5.74, 6) is -2.73. The van der Waals surface area contributed by atoms with Crippen LogP contribution in [0.4, 0.5) is 4.39 Å². The van der Waals surface area contributed by atoms with Crippen LogP contribution in [0.25, 0.3) is 0 Å². The zero-order chi connectivity index (χ0) is 16.7. The Kier molecular flexibility index (Phi) is 4.84. The van der Waals surface area contributed by atoms with E-state index in [-0.39, 0.29) is 0 Å². The lowest BCUT2D eigenvalue weighted by Crippen LogP contribution is -2.51. The average Bonchev–Trinajstić information content (AvgIpc) is 2.63. The van der Waals surface area contributed by atoms with Crippen molar-refractivity contribution in [2.24, 2.45) is 0 Å². The fourth-order valence-electron chi connectivity index (χ4n) is 2.11. The molecule has 122 valence electrons. The van der Waals surface area contributed by atoms with Gasteiger partial charge in [-0.15, -0.1) is 0 Å². The molecule has 1 aliphatic heterocycles. The van der Waals surface area contributed by atoms with Crippen LogP contribution in [0, 0.1) is 0 Å². The SMILES string of the molecule is O=c1ccn([C@@]2(O)O[C@H](C(O)/C=C(\F)I)[C@@H](O)[C@H]2O)c(=O)[nH]1. The van der Waals surface area contributed by atoms with Gasteiger partial charge in [0.25, 0.3) is 11.5 Å². The van der Waals surface area contributed by atoms with Crippen LogP contribution in [0.3, 0.4) is 0 Å². The molecule has 9 nitrogen and oxygen atoms in total. The summed E-state index contributed by atoms with van der Waals surface area (Å²) < 4.78 is 17.4. The highest BCUT2D eigenvalue weighted by Gasteiger charge is 2.57. The molecular weight excluding hydrogens is 418 g/mol. The van der Waals surface area contributed by atoms with Crippen LogP contribution >= 0.6 is 22.6 Å². The Bertz CT molecular complexity index is 700. The molecule has 0 amide bonds. The second kappa shape index (κ2) is 6.17. The highest BCUT2D eigenvalue weighted by Crippen LogP contribution is 2.34. The molecule has 1 aromatic rings. The van der Waals surface area contributed by atoms with E-state index in [4.69, 9.17) is 4.74 Å². The number of H-pyrrole nitrogens is 1. The van der Waals surface area contributed by atoms with Crippen molar-refractivity contribution in [1.82, 2.24) is 9.55 Å². The molecule has 0 saturated carbocycles. The minimum atomic E-state index is -2.73. The third-order valence-corrected chi connectivity index (χ3v) is 3.52. The van der Waals surface area contributed by atoms with Crippen molar-refractivity contribution in [2.45, 2.75) is 30.3 Å². The Hall–Kier alpha value is -1.12. The molecule has 1 aromatic heterocycles. The first-order valence-electron chi connectivity index (χ1n) is 5.96. The molecule has 2 heterocycles. The van der Waals surface area contributed by atoms with Crippen LogP contribution in [0.15, 0.2) is 31.8 Å². The van der Waals surface area contributed by atoms with Gasteiger partial charge in [0.15, 0.2) is 9.94 Å². The smallest absolute Gasteiger partial charge is 0.332 e. The van der Waals surface area contributed by atoms with E-state index in [1.807, 2.05) is 4.98 Å². The van der Waals surface area contributed by atoms with E-state index in [9.17, 15) is 34.4 Å². The molecule has 22 heavy (non-hydrogen) atoms. The fraction of sp³-hybridized carbons (Fsp3) is 0.455. The molecule has 5 atom stereocenters. The first kappa shape index (κ1) is 17.2. The first-order valence-corrected chi connectivity index (χ1v) is 7.04. The van der Waals surface area contributed by atoms with Crippen molar-refractivity contribution in [2.75, 3.05) is 0 Å². The quantitative estimate of drug-likeness (QED) is 0.345. The molecule has 1 unspecified atom stereocenters. The van der Waals surface area contributed by atoms with Gasteiger partial charge in [-0.2, -0.15) is 0 Å². The largest absolute Gasteiger partial charge is 0.387 e. The third-order valence-electron chi connectivity index (χ3n) is 3.16. The zero-order valence-electron chi connectivity index (χ0n) is 10.8. The number of aliphatic hydroxyl groups is 4. The molecule has 0 aliphatic carbocycles. The topological polar surface area (TPSA) is 145 Å². The Morgan fingerprint density at radius 2 is 2.18 bits per heavy atom. The Balaban J connectivity index is 2.42. The predicted octanol–water partition coefficient (Wildman–Crippen LogP) is -2.13. The number of rotatable bonds is 3. The number of hydrogen-bond donors (Lipinski definition) is 5. The van der Waals surface area contributed by atoms with Crippen LogP contribution in [0.5, 0.6) is 0 Å². The van der Waals surface area contributed by atoms with Crippen LogP contribution in [-0.4, -0.2) is 54.4 Å². The summed E-state index contributed by atoms with van der Waals surface area (Å²) in [4.78, 5) is 24.5. The molecule has 5 N–H and O–H groups in total. The number of aromatic nitrogens is 2. The van der Waals surface area contributed by atoms with Crippen molar-refractivity contribution in [1.29, 1.82) is 0 Å². The predicted molar refractivity (Wildman–Crippen MR) is 77.6 cm³/mol. The van der Waals surface area contributed by atoms with Crippen LogP contribution < -0.4 is 11.2 Å². The summed E-state index contributed by atoms with van der Waals surface area (Å²) in [6, 6.07) is 0.885. The fourth-order valence-corrected chi connectivity index (χ4v) is 2.47. The van der Waals surface area contributed by atoms with Gasteiger partial charge < -0.3 is 25.2 Å². The minimum absolute atomic E-state index is 0.444.